The second-order valence-corrected chi connectivity index (χ2v) is 8.59. The lowest BCUT2D eigenvalue weighted by atomic mass is 9.96. The molecule has 0 saturated carbocycles. The number of hydrogen-bond acceptors (Lipinski definition) is 3. The van der Waals surface area contributed by atoms with E-state index in [-0.39, 0.29) is 23.5 Å². The highest BCUT2D eigenvalue weighted by Gasteiger charge is 2.29. The largest absolute Gasteiger partial charge is 0.351 e. The number of thiophene rings is 1. The fourth-order valence-corrected chi connectivity index (χ4v) is 4.75. The maximum absolute atomic E-state index is 13.3. The Morgan fingerprint density at radius 3 is 2.86 bits per heavy atom. The number of likely N-dealkylation sites (tertiary alicyclic amines) is 1. The molecule has 4 nitrogen and oxygen atoms in total. The maximum Gasteiger partial charge on any atom is 0.225 e. The number of benzene rings is 2. The van der Waals surface area contributed by atoms with Gasteiger partial charge in [-0.1, -0.05) is 30.3 Å². The second-order valence-electron chi connectivity index (χ2n) is 7.42. The molecule has 1 aromatic heterocycles. The molecule has 2 amide bonds. The normalized spacial score (nSPS) is 16.9. The van der Waals surface area contributed by atoms with Crippen molar-refractivity contribution < 1.29 is 14.0 Å². The Balaban J connectivity index is 1.31. The highest BCUT2D eigenvalue weighted by molar-refractivity contribution is 7.19. The monoisotopic (exact) mass is 410 g/mol. The van der Waals surface area contributed by atoms with E-state index >= 15 is 0 Å². The molecule has 6 heteroatoms. The molecule has 0 spiro atoms. The number of carbonyl (C=O) groups excluding carboxylic acids is 2. The van der Waals surface area contributed by atoms with Crippen molar-refractivity contribution in [1.29, 1.82) is 0 Å². The Morgan fingerprint density at radius 2 is 2.03 bits per heavy atom. The summed E-state index contributed by atoms with van der Waals surface area (Å²) < 4.78 is 14.5. The molecule has 2 aromatic carbocycles. The van der Waals surface area contributed by atoms with E-state index in [4.69, 9.17) is 0 Å². The van der Waals surface area contributed by atoms with Gasteiger partial charge in [-0.25, -0.2) is 4.39 Å². The Labute approximate surface area is 173 Å². The highest BCUT2D eigenvalue weighted by atomic mass is 32.1. The molecule has 0 radical (unpaired) electrons. The van der Waals surface area contributed by atoms with Gasteiger partial charge in [-0.3, -0.25) is 9.59 Å². The fraction of sp³-hybridized carbons (Fsp3) is 0.304. The Morgan fingerprint density at radius 1 is 1.17 bits per heavy atom. The van der Waals surface area contributed by atoms with Crippen molar-refractivity contribution in [2.24, 2.45) is 5.92 Å². The quantitative estimate of drug-likeness (QED) is 0.664. The number of rotatable bonds is 6. The van der Waals surface area contributed by atoms with E-state index in [9.17, 15) is 14.0 Å². The molecule has 1 atom stereocenters. The lowest BCUT2D eigenvalue weighted by molar-refractivity contribution is -0.138. The summed E-state index contributed by atoms with van der Waals surface area (Å²) >= 11 is 1.68. The van der Waals surface area contributed by atoms with Gasteiger partial charge in [0.1, 0.15) is 5.82 Å². The van der Waals surface area contributed by atoms with Crippen LogP contribution in [0.1, 0.15) is 23.3 Å². The molecular weight excluding hydrogens is 387 g/mol. The van der Waals surface area contributed by atoms with Crippen LogP contribution in [0.2, 0.25) is 0 Å². The molecule has 0 bridgehead atoms. The minimum absolute atomic E-state index is 0.00860. The summed E-state index contributed by atoms with van der Waals surface area (Å²) in [6, 6.07) is 16.7. The molecule has 1 aliphatic heterocycles. The van der Waals surface area contributed by atoms with Crippen molar-refractivity contribution in [2.75, 3.05) is 13.1 Å². The summed E-state index contributed by atoms with van der Waals surface area (Å²) in [7, 11) is 0. The second kappa shape index (κ2) is 8.74. The topological polar surface area (TPSA) is 49.4 Å². The van der Waals surface area contributed by atoms with Crippen molar-refractivity contribution >= 4 is 33.2 Å². The van der Waals surface area contributed by atoms with E-state index in [1.807, 2.05) is 18.2 Å². The summed E-state index contributed by atoms with van der Waals surface area (Å²) in [5.74, 6) is -0.416. The molecule has 4 rings (SSSR count). The zero-order valence-electron chi connectivity index (χ0n) is 16.1. The first-order valence-electron chi connectivity index (χ1n) is 9.86. The van der Waals surface area contributed by atoms with Crippen LogP contribution in [0.15, 0.2) is 54.6 Å². The molecule has 1 aliphatic rings. The molecule has 1 unspecified atom stereocenters. The Hall–Kier alpha value is -2.73. The van der Waals surface area contributed by atoms with Gasteiger partial charge in [-0.2, -0.15) is 0 Å². The predicted molar refractivity (Wildman–Crippen MR) is 113 cm³/mol. The third-order valence-corrected chi connectivity index (χ3v) is 6.46. The zero-order chi connectivity index (χ0) is 20.2. The van der Waals surface area contributed by atoms with Gasteiger partial charge in [-0.15, -0.1) is 11.3 Å². The van der Waals surface area contributed by atoms with E-state index in [1.54, 1.807) is 22.3 Å². The first kappa shape index (κ1) is 19.6. The van der Waals surface area contributed by atoms with Gasteiger partial charge in [0, 0.05) is 29.1 Å². The molecule has 150 valence electrons. The van der Waals surface area contributed by atoms with Crippen molar-refractivity contribution in [3.05, 3.63) is 70.9 Å². The molecule has 3 aromatic rings. The minimum Gasteiger partial charge on any atom is -0.351 e. The molecular formula is C23H23FN2O2S. The summed E-state index contributed by atoms with van der Waals surface area (Å²) in [5.41, 5.74) is 0.856. The van der Waals surface area contributed by atoms with Crippen LogP contribution in [-0.4, -0.2) is 29.8 Å². The number of nitrogens with one attached hydrogen (secondary N) is 1. The fourth-order valence-electron chi connectivity index (χ4n) is 3.74. The van der Waals surface area contributed by atoms with Gasteiger partial charge in [0.05, 0.1) is 12.5 Å². The number of fused-ring (bicyclic) bond motifs is 1. The number of halogens is 1. The van der Waals surface area contributed by atoms with Gasteiger partial charge in [-0.05, 0) is 48.1 Å². The number of piperidine rings is 1. The van der Waals surface area contributed by atoms with Crippen molar-refractivity contribution in [3.8, 4) is 0 Å². The standard InChI is InChI=1S/C23H23FN2O2S/c24-19-6-3-4-16(12-19)10-11-26-15-18(8-9-22(26)27)23(28)25-14-20-13-17-5-1-2-7-21(17)29-20/h1-7,12-13,18H,8-11,14-15H2,(H,25,28). The lowest BCUT2D eigenvalue weighted by Crippen LogP contribution is -2.46. The molecule has 1 fully saturated rings. The molecule has 1 N–H and O–H groups in total. The van der Waals surface area contributed by atoms with E-state index in [2.05, 4.69) is 23.5 Å². The van der Waals surface area contributed by atoms with Crippen LogP contribution in [0.5, 0.6) is 0 Å². The third-order valence-electron chi connectivity index (χ3n) is 5.34. The zero-order valence-corrected chi connectivity index (χ0v) is 16.9. The summed E-state index contributed by atoms with van der Waals surface area (Å²) in [6.45, 7) is 1.43. The number of carbonyl (C=O) groups is 2. The summed E-state index contributed by atoms with van der Waals surface area (Å²) in [5, 5.41) is 4.22. The average Bonchev–Trinajstić information content (AvgIpc) is 3.14. The van der Waals surface area contributed by atoms with Crippen LogP contribution in [0, 0.1) is 11.7 Å². The number of amides is 2. The van der Waals surface area contributed by atoms with Gasteiger partial charge in [0.2, 0.25) is 11.8 Å². The van der Waals surface area contributed by atoms with Gasteiger partial charge in [0.15, 0.2) is 0 Å². The van der Waals surface area contributed by atoms with Crippen LogP contribution >= 0.6 is 11.3 Å². The van der Waals surface area contributed by atoms with Crippen LogP contribution < -0.4 is 5.32 Å². The molecule has 29 heavy (non-hydrogen) atoms. The summed E-state index contributed by atoms with van der Waals surface area (Å²) in [6.07, 6.45) is 1.54. The Kier molecular flexibility index (Phi) is 5.90. The highest BCUT2D eigenvalue weighted by Crippen LogP contribution is 2.25. The third kappa shape index (κ3) is 4.82. The van der Waals surface area contributed by atoms with Crippen molar-refractivity contribution in [3.63, 3.8) is 0 Å². The van der Waals surface area contributed by atoms with Crippen LogP contribution in [-0.2, 0) is 22.6 Å². The number of nitrogens with zero attached hydrogens (tertiary/aromatic N) is 1. The smallest absolute Gasteiger partial charge is 0.225 e. The minimum atomic E-state index is -0.272. The first-order valence-corrected chi connectivity index (χ1v) is 10.7. The Bertz CT molecular complexity index is 999. The van der Waals surface area contributed by atoms with E-state index < -0.39 is 0 Å². The van der Waals surface area contributed by atoms with Crippen LogP contribution in [0.4, 0.5) is 4.39 Å². The molecule has 1 saturated heterocycles. The van der Waals surface area contributed by atoms with E-state index in [0.717, 1.165) is 10.4 Å². The van der Waals surface area contributed by atoms with E-state index in [1.165, 1.54) is 22.2 Å². The van der Waals surface area contributed by atoms with Gasteiger partial charge >= 0.3 is 0 Å². The van der Waals surface area contributed by atoms with Crippen molar-refractivity contribution in [2.45, 2.75) is 25.8 Å². The molecule has 2 heterocycles. The summed E-state index contributed by atoms with van der Waals surface area (Å²) in [4.78, 5) is 27.8. The first-order chi connectivity index (χ1) is 14.1. The van der Waals surface area contributed by atoms with Crippen LogP contribution in [0.25, 0.3) is 10.1 Å². The van der Waals surface area contributed by atoms with Gasteiger partial charge < -0.3 is 10.2 Å². The van der Waals surface area contributed by atoms with Crippen molar-refractivity contribution in [1.82, 2.24) is 10.2 Å². The van der Waals surface area contributed by atoms with E-state index in [0.29, 0.717) is 38.9 Å². The SMILES string of the molecule is O=C(NCc1cc2ccccc2s1)C1CCC(=O)N(CCc2cccc(F)c2)C1. The molecule has 0 aliphatic carbocycles. The van der Waals surface area contributed by atoms with Crippen LogP contribution in [0.3, 0.4) is 0 Å². The predicted octanol–water partition coefficient (Wildman–Crippen LogP) is 4.14. The maximum atomic E-state index is 13.3. The average molecular weight is 411 g/mol. The van der Waals surface area contributed by atoms with Gasteiger partial charge in [0.25, 0.3) is 0 Å². The lowest BCUT2D eigenvalue weighted by Gasteiger charge is -2.32. The number of hydrogen-bond donors (Lipinski definition) is 1.